The van der Waals surface area contributed by atoms with E-state index in [1.54, 1.807) is 6.26 Å². The third-order valence-electron chi connectivity index (χ3n) is 3.26. The van der Waals surface area contributed by atoms with E-state index in [9.17, 15) is 4.79 Å². The van der Waals surface area contributed by atoms with Crippen LogP contribution in [0.4, 0.5) is 5.69 Å². The number of anilines is 1. The summed E-state index contributed by atoms with van der Waals surface area (Å²) in [6.07, 6.45) is 1.99. The molecule has 2 heterocycles. The van der Waals surface area contributed by atoms with Gasteiger partial charge in [0.2, 0.25) is 5.91 Å². The number of thioether (sulfide) groups is 1. The van der Waals surface area contributed by atoms with E-state index in [2.05, 4.69) is 31.4 Å². The third-order valence-corrected chi connectivity index (χ3v) is 4.82. The molecular weight excluding hydrogens is 392 g/mol. The molecule has 0 atom stereocenters. The number of furan rings is 1. The zero-order valence-corrected chi connectivity index (χ0v) is 15.3. The summed E-state index contributed by atoms with van der Waals surface area (Å²) >= 11 is 4.85. The molecule has 0 bridgehead atoms. The highest BCUT2D eigenvalue weighted by Gasteiger charge is 2.13. The van der Waals surface area contributed by atoms with Crippen molar-refractivity contribution in [1.29, 1.82) is 0 Å². The molecule has 8 heteroatoms. The topological polar surface area (TPSA) is 73.0 Å². The van der Waals surface area contributed by atoms with Crippen LogP contribution in [0.3, 0.4) is 0 Å². The summed E-state index contributed by atoms with van der Waals surface area (Å²) in [6.45, 7) is 0. The molecular formula is C16H15BrN4O2S. The smallest absolute Gasteiger partial charge is 0.225 e. The van der Waals surface area contributed by atoms with Crippen LogP contribution in [-0.4, -0.2) is 26.4 Å². The van der Waals surface area contributed by atoms with E-state index in [-0.39, 0.29) is 5.91 Å². The summed E-state index contributed by atoms with van der Waals surface area (Å²) in [5.74, 6) is 1.93. The van der Waals surface area contributed by atoms with Crippen LogP contribution in [0.2, 0.25) is 0 Å². The van der Waals surface area contributed by atoms with Gasteiger partial charge in [-0.25, -0.2) is 0 Å². The number of nitrogens with zero attached hydrogens (tertiary/aromatic N) is 3. The summed E-state index contributed by atoms with van der Waals surface area (Å²) in [6, 6.07) is 11.1. The van der Waals surface area contributed by atoms with E-state index in [4.69, 9.17) is 4.42 Å². The van der Waals surface area contributed by atoms with Gasteiger partial charge in [-0.2, -0.15) is 0 Å². The average molecular weight is 407 g/mol. The van der Waals surface area contributed by atoms with E-state index in [1.165, 1.54) is 11.8 Å². The molecule has 0 spiro atoms. The van der Waals surface area contributed by atoms with Crippen LogP contribution in [0.25, 0.3) is 11.6 Å². The number of amides is 1. The summed E-state index contributed by atoms with van der Waals surface area (Å²) in [5, 5.41) is 11.9. The standard InChI is InChI=1S/C16H15BrN4O2S/c1-21-15(13-3-2-9-23-13)19-20-16(21)24-10-8-14(22)18-12-6-4-11(17)5-7-12/h2-7,9H,8,10H2,1H3,(H,18,22). The van der Waals surface area contributed by atoms with E-state index in [1.807, 2.05) is 48.0 Å². The van der Waals surface area contributed by atoms with Crippen LogP contribution in [0.1, 0.15) is 6.42 Å². The van der Waals surface area contributed by atoms with Crippen molar-refractivity contribution < 1.29 is 9.21 Å². The first-order chi connectivity index (χ1) is 11.6. The molecule has 0 aliphatic carbocycles. The zero-order valence-electron chi connectivity index (χ0n) is 12.9. The molecule has 0 radical (unpaired) electrons. The second-order valence-corrected chi connectivity index (χ2v) is 6.97. The molecule has 3 aromatic rings. The van der Waals surface area contributed by atoms with Crippen molar-refractivity contribution >= 4 is 39.3 Å². The molecule has 0 aliphatic rings. The van der Waals surface area contributed by atoms with Gasteiger partial charge in [-0.05, 0) is 36.4 Å². The van der Waals surface area contributed by atoms with Crippen LogP contribution in [0, 0.1) is 0 Å². The van der Waals surface area contributed by atoms with Gasteiger partial charge in [-0.3, -0.25) is 4.79 Å². The number of carbonyl (C=O) groups excluding carboxylic acids is 1. The van der Waals surface area contributed by atoms with Gasteiger partial charge < -0.3 is 14.3 Å². The molecule has 6 nitrogen and oxygen atoms in total. The van der Waals surface area contributed by atoms with Crippen molar-refractivity contribution in [2.75, 3.05) is 11.1 Å². The zero-order chi connectivity index (χ0) is 16.9. The van der Waals surface area contributed by atoms with E-state index in [0.29, 0.717) is 23.8 Å². The normalized spacial score (nSPS) is 10.8. The molecule has 0 saturated carbocycles. The highest BCUT2D eigenvalue weighted by molar-refractivity contribution is 9.10. The Kier molecular flexibility index (Phi) is 5.37. The Balaban J connectivity index is 1.51. The van der Waals surface area contributed by atoms with E-state index < -0.39 is 0 Å². The van der Waals surface area contributed by atoms with Gasteiger partial charge >= 0.3 is 0 Å². The molecule has 1 N–H and O–H groups in total. The molecule has 124 valence electrons. The van der Waals surface area contributed by atoms with Crippen molar-refractivity contribution in [3.8, 4) is 11.6 Å². The van der Waals surface area contributed by atoms with Gasteiger partial charge in [0.15, 0.2) is 16.7 Å². The molecule has 1 amide bonds. The largest absolute Gasteiger partial charge is 0.461 e. The lowest BCUT2D eigenvalue weighted by Crippen LogP contribution is -2.12. The van der Waals surface area contributed by atoms with Crippen LogP contribution >= 0.6 is 27.7 Å². The fourth-order valence-electron chi connectivity index (χ4n) is 2.05. The van der Waals surface area contributed by atoms with Gasteiger partial charge in [-0.1, -0.05) is 27.7 Å². The lowest BCUT2D eigenvalue weighted by atomic mass is 10.3. The maximum absolute atomic E-state index is 12.0. The number of carbonyl (C=O) groups is 1. The number of hydrogen-bond acceptors (Lipinski definition) is 5. The van der Waals surface area contributed by atoms with Crippen molar-refractivity contribution in [1.82, 2.24) is 14.8 Å². The molecule has 0 fully saturated rings. The van der Waals surface area contributed by atoms with E-state index >= 15 is 0 Å². The quantitative estimate of drug-likeness (QED) is 0.627. The molecule has 0 unspecified atom stereocenters. The molecule has 24 heavy (non-hydrogen) atoms. The van der Waals surface area contributed by atoms with Crippen LogP contribution in [-0.2, 0) is 11.8 Å². The predicted molar refractivity (Wildman–Crippen MR) is 96.8 cm³/mol. The number of halogens is 1. The Morgan fingerprint density at radius 1 is 1.29 bits per heavy atom. The summed E-state index contributed by atoms with van der Waals surface area (Å²) in [5.41, 5.74) is 0.784. The fraction of sp³-hybridized carbons (Fsp3) is 0.188. The van der Waals surface area contributed by atoms with Crippen molar-refractivity contribution in [2.24, 2.45) is 7.05 Å². The molecule has 0 saturated heterocycles. The second kappa shape index (κ2) is 7.67. The average Bonchev–Trinajstić information content (AvgIpc) is 3.20. The Morgan fingerprint density at radius 3 is 2.79 bits per heavy atom. The highest BCUT2D eigenvalue weighted by Crippen LogP contribution is 2.23. The summed E-state index contributed by atoms with van der Waals surface area (Å²) < 4.78 is 8.17. The minimum absolute atomic E-state index is 0.0294. The molecule has 3 rings (SSSR count). The molecule has 2 aromatic heterocycles. The third kappa shape index (κ3) is 4.07. The molecule has 0 aliphatic heterocycles. The first kappa shape index (κ1) is 16.8. The van der Waals surface area contributed by atoms with Crippen molar-refractivity contribution in [2.45, 2.75) is 11.6 Å². The fourth-order valence-corrected chi connectivity index (χ4v) is 3.17. The van der Waals surface area contributed by atoms with Gasteiger partial charge in [0, 0.05) is 29.4 Å². The monoisotopic (exact) mass is 406 g/mol. The number of hydrogen-bond donors (Lipinski definition) is 1. The van der Waals surface area contributed by atoms with Gasteiger partial charge in [-0.15, -0.1) is 10.2 Å². The Bertz CT molecular complexity index is 815. The van der Waals surface area contributed by atoms with E-state index in [0.717, 1.165) is 15.3 Å². The Morgan fingerprint density at radius 2 is 2.08 bits per heavy atom. The summed E-state index contributed by atoms with van der Waals surface area (Å²) in [4.78, 5) is 12.0. The Labute approximate surface area is 151 Å². The molecule has 1 aromatic carbocycles. The maximum Gasteiger partial charge on any atom is 0.225 e. The number of aromatic nitrogens is 3. The minimum Gasteiger partial charge on any atom is -0.461 e. The number of nitrogens with one attached hydrogen (secondary N) is 1. The van der Waals surface area contributed by atoms with Gasteiger partial charge in [0.05, 0.1) is 6.26 Å². The first-order valence-corrected chi connectivity index (χ1v) is 9.03. The van der Waals surface area contributed by atoms with Crippen molar-refractivity contribution in [3.63, 3.8) is 0 Å². The lowest BCUT2D eigenvalue weighted by Gasteiger charge is -2.05. The van der Waals surface area contributed by atoms with Gasteiger partial charge in [0.25, 0.3) is 0 Å². The lowest BCUT2D eigenvalue weighted by molar-refractivity contribution is -0.115. The SMILES string of the molecule is Cn1c(SCCC(=O)Nc2ccc(Br)cc2)nnc1-c1ccco1. The number of rotatable bonds is 6. The second-order valence-electron chi connectivity index (χ2n) is 5.00. The van der Waals surface area contributed by atoms with Gasteiger partial charge in [0.1, 0.15) is 0 Å². The summed E-state index contributed by atoms with van der Waals surface area (Å²) in [7, 11) is 1.88. The Hall–Kier alpha value is -2.06. The maximum atomic E-state index is 12.0. The van der Waals surface area contributed by atoms with Crippen LogP contribution in [0.5, 0.6) is 0 Å². The number of benzene rings is 1. The van der Waals surface area contributed by atoms with Crippen molar-refractivity contribution in [3.05, 3.63) is 47.1 Å². The van der Waals surface area contributed by atoms with Crippen LogP contribution in [0.15, 0.2) is 56.7 Å². The predicted octanol–water partition coefficient (Wildman–Crippen LogP) is 3.96. The minimum atomic E-state index is -0.0294. The highest BCUT2D eigenvalue weighted by atomic mass is 79.9. The first-order valence-electron chi connectivity index (χ1n) is 7.25. The van der Waals surface area contributed by atoms with Crippen LogP contribution < -0.4 is 5.32 Å².